The molecule has 0 spiro atoms. The maximum atomic E-state index is 12.8. The lowest BCUT2D eigenvalue weighted by molar-refractivity contribution is -0.142. The van der Waals surface area contributed by atoms with Crippen LogP contribution in [-0.2, 0) is 21.0 Å². The third-order valence-corrected chi connectivity index (χ3v) is 5.76. The molecule has 1 aliphatic heterocycles. The Morgan fingerprint density at radius 3 is 2.39 bits per heavy atom. The zero-order valence-electron chi connectivity index (χ0n) is 11.8. The Hall–Kier alpha value is -1.32. The van der Waals surface area contributed by atoms with Crippen LogP contribution in [0.5, 0.6) is 0 Å². The van der Waals surface area contributed by atoms with Gasteiger partial charge in [0, 0.05) is 18.1 Å². The number of carboxylic acids is 1. The fraction of sp³-hybridized carbons (Fsp3) is 0.462. The molecule has 0 saturated carbocycles. The van der Waals surface area contributed by atoms with Gasteiger partial charge in [-0.3, -0.25) is 4.79 Å². The zero-order valence-corrected chi connectivity index (χ0v) is 13.4. The maximum absolute atomic E-state index is 12.8. The highest BCUT2D eigenvalue weighted by atomic mass is 35.5. The van der Waals surface area contributed by atoms with Gasteiger partial charge in [0.2, 0.25) is 10.0 Å². The third-order valence-electron chi connectivity index (χ3n) is 3.73. The van der Waals surface area contributed by atoms with E-state index in [1.807, 2.05) is 0 Å². The van der Waals surface area contributed by atoms with E-state index in [0.29, 0.717) is 12.1 Å². The molecule has 1 aromatic rings. The summed E-state index contributed by atoms with van der Waals surface area (Å²) in [6, 6.07) is 2.05. The molecular formula is C13H13ClF3NO4S. The molecule has 2 rings (SSSR count). The highest BCUT2D eigenvalue weighted by Gasteiger charge is 2.41. The SMILES string of the molecule is C[C@@H]1CN(S(=O)(=O)c2cc(Cl)cc(C(F)(F)F)c2)C[C@H]1C(=O)O. The van der Waals surface area contributed by atoms with Crippen LogP contribution in [0.3, 0.4) is 0 Å². The summed E-state index contributed by atoms with van der Waals surface area (Å²) in [6.07, 6.45) is -4.74. The normalized spacial score (nSPS) is 23.2. The van der Waals surface area contributed by atoms with Crippen LogP contribution in [0.4, 0.5) is 13.2 Å². The standard InChI is InChI=1S/C13H13ClF3NO4S/c1-7-5-18(6-11(7)12(19)20)23(21,22)10-3-8(13(15,16)17)2-9(14)4-10/h2-4,7,11H,5-6H2,1H3,(H,19,20)/t7-,11-/m1/s1. The lowest BCUT2D eigenvalue weighted by Crippen LogP contribution is -2.30. The number of aliphatic carboxylic acids is 1. The molecule has 5 nitrogen and oxygen atoms in total. The molecule has 1 saturated heterocycles. The molecule has 0 amide bonds. The molecule has 1 aliphatic rings. The lowest BCUT2D eigenvalue weighted by Gasteiger charge is -2.17. The summed E-state index contributed by atoms with van der Waals surface area (Å²) in [6.45, 7) is 1.22. The first kappa shape index (κ1) is 18.0. The van der Waals surface area contributed by atoms with E-state index >= 15 is 0 Å². The fourth-order valence-electron chi connectivity index (χ4n) is 2.46. The van der Waals surface area contributed by atoms with Gasteiger partial charge in [0.25, 0.3) is 0 Å². The van der Waals surface area contributed by atoms with Gasteiger partial charge in [-0.05, 0) is 24.1 Å². The van der Waals surface area contributed by atoms with E-state index < -0.39 is 44.5 Å². The van der Waals surface area contributed by atoms with Crippen LogP contribution in [-0.4, -0.2) is 36.9 Å². The third kappa shape index (κ3) is 3.61. The van der Waals surface area contributed by atoms with E-state index in [9.17, 15) is 26.4 Å². The van der Waals surface area contributed by atoms with E-state index in [0.717, 1.165) is 10.4 Å². The smallest absolute Gasteiger partial charge is 0.416 e. The van der Waals surface area contributed by atoms with E-state index in [1.54, 1.807) is 6.92 Å². The summed E-state index contributed by atoms with van der Waals surface area (Å²) in [4.78, 5) is 10.5. The van der Waals surface area contributed by atoms with Gasteiger partial charge in [-0.2, -0.15) is 17.5 Å². The van der Waals surface area contributed by atoms with Crippen molar-refractivity contribution in [3.8, 4) is 0 Å². The molecule has 128 valence electrons. The average Bonchev–Trinajstić information content (AvgIpc) is 2.80. The Balaban J connectivity index is 2.42. The summed E-state index contributed by atoms with van der Waals surface area (Å²) in [5.41, 5.74) is -1.18. The van der Waals surface area contributed by atoms with Crippen molar-refractivity contribution in [1.29, 1.82) is 0 Å². The number of hydrogen-bond donors (Lipinski definition) is 1. The summed E-state index contributed by atoms with van der Waals surface area (Å²) in [7, 11) is -4.26. The van der Waals surface area contributed by atoms with Crippen molar-refractivity contribution in [3.05, 3.63) is 28.8 Å². The molecule has 10 heteroatoms. The molecule has 23 heavy (non-hydrogen) atoms. The van der Waals surface area contributed by atoms with Crippen LogP contribution in [0.15, 0.2) is 23.1 Å². The minimum Gasteiger partial charge on any atom is -0.481 e. The number of alkyl halides is 3. The predicted molar refractivity (Wildman–Crippen MR) is 75.5 cm³/mol. The average molecular weight is 372 g/mol. The zero-order chi connectivity index (χ0) is 17.6. The van der Waals surface area contributed by atoms with Crippen molar-refractivity contribution in [1.82, 2.24) is 4.31 Å². The number of rotatable bonds is 3. The number of carbonyl (C=O) groups is 1. The number of hydrogen-bond acceptors (Lipinski definition) is 3. The molecule has 1 heterocycles. The molecule has 0 unspecified atom stereocenters. The van der Waals surface area contributed by atoms with Gasteiger partial charge in [0.1, 0.15) is 0 Å². The van der Waals surface area contributed by atoms with Crippen molar-refractivity contribution in [2.45, 2.75) is 18.0 Å². The molecular weight excluding hydrogens is 359 g/mol. The first-order valence-electron chi connectivity index (χ1n) is 6.53. The van der Waals surface area contributed by atoms with Gasteiger partial charge < -0.3 is 5.11 Å². The number of sulfonamides is 1. The van der Waals surface area contributed by atoms with Crippen LogP contribution in [0, 0.1) is 11.8 Å². The summed E-state index contributed by atoms with van der Waals surface area (Å²) in [5.74, 6) is -2.48. The van der Waals surface area contributed by atoms with Crippen molar-refractivity contribution in [2.75, 3.05) is 13.1 Å². The molecule has 0 aliphatic carbocycles. The van der Waals surface area contributed by atoms with Crippen molar-refractivity contribution in [3.63, 3.8) is 0 Å². The van der Waals surface area contributed by atoms with Crippen LogP contribution >= 0.6 is 11.6 Å². The Morgan fingerprint density at radius 1 is 1.30 bits per heavy atom. The Bertz CT molecular complexity index is 735. The highest BCUT2D eigenvalue weighted by Crippen LogP contribution is 2.35. The Kier molecular flexibility index (Phi) is 4.67. The monoisotopic (exact) mass is 371 g/mol. The summed E-state index contributed by atoms with van der Waals surface area (Å²) in [5, 5.41) is 8.68. The summed E-state index contributed by atoms with van der Waals surface area (Å²) >= 11 is 5.60. The van der Waals surface area contributed by atoms with Gasteiger partial charge in [0.15, 0.2) is 0 Å². The second-order valence-electron chi connectivity index (χ2n) is 5.42. The molecule has 0 aromatic heterocycles. The second kappa shape index (κ2) is 5.95. The molecule has 1 fully saturated rings. The fourth-order valence-corrected chi connectivity index (χ4v) is 4.40. The van der Waals surface area contributed by atoms with Gasteiger partial charge in [-0.1, -0.05) is 18.5 Å². The largest absolute Gasteiger partial charge is 0.481 e. The number of carboxylic acid groups (broad SMARTS) is 1. The van der Waals surface area contributed by atoms with E-state index in [-0.39, 0.29) is 18.1 Å². The van der Waals surface area contributed by atoms with Gasteiger partial charge in [-0.15, -0.1) is 0 Å². The van der Waals surface area contributed by atoms with Gasteiger partial charge >= 0.3 is 12.1 Å². The van der Waals surface area contributed by atoms with Crippen molar-refractivity contribution >= 4 is 27.6 Å². The lowest BCUT2D eigenvalue weighted by atomic mass is 9.99. The Labute approximate surface area is 135 Å². The quantitative estimate of drug-likeness (QED) is 0.886. The predicted octanol–water partition coefficient (Wildman–Crippen LogP) is 2.70. The highest BCUT2D eigenvalue weighted by molar-refractivity contribution is 7.89. The van der Waals surface area contributed by atoms with Gasteiger partial charge in [-0.25, -0.2) is 8.42 Å². The first-order valence-corrected chi connectivity index (χ1v) is 8.35. The van der Waals surface area contributed by atoms with Crippen molar-refractivity contribution in [2.24, 2.45) is 11.8 Å². The molecule has 0 bridgehead atoms. The van der Waals surface area contributed by atoms with Gasteiger partial charge in [0.05, 0.1) is 16.4 Å². The topological polar surface area (TPSA) is 74.7 Å². The number of benzene rings is 1. The Morgan fingerprint density at radius 2 is 1.91 bits per heavy atom. The minimum absolute atomic E-state index is 0.0762. The van der Waals surface area contributed by atoms with Crippen LogP contribution < -0.4 is 0 Å². The summed E-state index contributed by atoms with van der Waals surface area (Å²) < 4.78 is 64.2. The molecule has 0 radical (unpaired) electrons. The molecule has 2 atom stereocenters. The number of halogens is 4. The second-order valence-corrected chi connectivity index (χ2v) is 7.79. The maximum Gasteiger partial charge on any atom is 0.416 e. The van der Waals surface area contributed by atoms with Crippen LogP contribution in [0.1, 0.15) is 12.5 Å². The van der Waals surface area contributed by atoms with Crippen molar-refractivity contribution < 1.29 is 31.5 Å². The van der Waals surface area contributed by atoms with E-state index in [4.69, 9.17) is 16.7 Å². The first-order chi connectivity index (χ1) is 10.4. The van der Waals surface area contributed by atoms with Crippen LogP contribution in [0.2, 0.25) is 5.02 Å². The minimum atomic E-state index is -4.74. The molecule has 1 aromatic carbocycles. The van der Waals surface area contributed by atoms with E-state index in [1.165, 1.54) is 0 Å². The molecule has 1 N–H and O–H groups in total. The van der Waals surface area contributed by atoms with E-state index in [2.05, 4.69) is 0 Å². The number of nitrogens with zero attached hydrogens (tertiary/aromatic N) is 1. The van der Waals surface area contributed by atoms with Crippen LogP contribution in [0.25, 0.3) is 0 Å².